The SMILES string of the molecule is CC1CC(=O)N(C(=O)c2cccc(Br)n2)C1. The molecule has 1 atom stereocenters. The Bertz CT molecular complexity index is 447. The van der Waals surface area contributed by atoms with Crippen LogP contribution in [0.1, 0.15) is 23.8 Å². The fourth-order valence-corrected chi connectivity index (χ4v) is 2.09. The van der Waals surface area contributed by atoms with Crippen molar-refractivity contribution in [3.63, 3.8) is 0 Å². The van der Waals surface area contributed by atoms with E-state index in [1.54, 1.807) is 18.2 Å². The number of pyridine rings is 1. The first-order valence-electron chi connectivity index (χ1n) is 5.05. The number of nitrogens with zero attached hydrogens (tertiary/aromatic N) is 2. The van der Waals surface area contributed by atoms with Gasteiger partial charge in [-0.25, -0.2) is 4.98 Å². The van der Waals surface area contributed by atoms with Gasteiger partial charge in [0.1, 0.15) is 10.3 Å². The van der Waals surface area contributed by atoms with E-state index >= 15 is 0 Å². The second kappa shape index (κ2) is 4.33. The van der Waals surface area contributed by atoms with Crippen molar-refractivity contribution in [3.8, 4) is 0 Å². The van der Waals surface area contributed by atoms with E-state index in [1.807, 2.05) is 6.92 Å². The van der Waals surface area contributed by atoms with Crippen molar-refractivity contribution in [2.24, 2.45) is 5.92 Å². The van der Waals surface area contributed by atoms with Crippen LogP contribution in [0.5, 0.6) is 0 Å². The van der Waals surface area contributed by atoms with Gasteiger partial charge in [-0.2, -0.15) is 0 Å². The molecule has 1 fully saturated rings. The smallest absolute Gasteiger partial charge is 0.277 e. The number of imide groups is 1. The average Bonchev–Trinajstić information content (AvgIpc) is 2.57. The molecule has 0 N–H and O–H groups in total. The van der Waals surface area contributed by atoms with Gasteiger partial charge in [-0.15, -0.1) is 0 Å². The predicted octanol–water partition coefficient (Wildman–Crippen LogP) is 1.85. The van der Waals surface area contributed by atoms with Gasteiger partial charge in [0.05, 0.1) is 0 Å². The fourth-order valence-electron chi connectivity index (χ4n) is 1.75. The lowest BCUT2D eigenvalue weighted by Gasteiger charge is -2.13. The van der Waals surface area contributed by atoms with Gasteiger partial charge in [-0.3, -0.25) is 14.5 Å². The topological polar surface area (TPSA) is 50.3 Å². The molecule has 2 heterocycles. The predicted molar refractivity (Wildman–Crippen MR) is 61.8 cm³/mol. The van der Waals surface area contributed by atoms with Crippen molar-refractivity contribution in [1.82, 2.24) is 9.88 Å². The quantitative estimate of drug-likeness (QED) is 0.584. The monoisotopic (exact) mass is 282 g/mol. The molecule has 0 spiro atoms. The third-order valence-electron chi connectivity index (χ3n) is 2.50. The van der Waals surface area contributed by atoms with E-state index in [9.17, 15) is 9.59 Å². The summed E-state index contributed by atoms with van der Waals surface area (Å²) in [5.74, 6) is -0.182. The fraction of sp³-hybridized carbons (Fsp3) is 0.364. The van der Waals surface area contributed by atoms with Crippen molar-refractivity contribution < 1.29 is 9.59 Å². The highest BCUT2D eigenvalue weighted by molar-refractivity contribution is 9.10. The maximum Gasteiger partial charge on any atom is 0.279 e. The van der Waals surface area contributed by atoms with Crippen molar-refractivity contribution >= 4 is 27.7 Å². The molecule has 1 saturated heterocycles. The zero-order valence-corrected chi connectivity index (χ0v) is 10.4. The summed E-state index contributed by atoms with van der Waals surface area (Å²) >= 11 is 3.20. The number of halogens is 1. The molecule has 1 aliphatic heterocycles. The maximum absolute atomic E-state index is 12.0. The first-order chi connectivity index (χ1) is 7.58. The molecular weight excluding hydrogens is 272 g/mol. The first kappa shape index (κ1) is 11.3. The lowest BCUT2D eigenvalue weighted by atomic mass is 10.2. The Balaban J connectivity index is 2.23. The Kier molecular flexibility index (Phi) is 3.05. The van der Waals surface area contributed by atoms with E-state index in [2.05, 4.69) is 20.9 Å². The number of hydrogen-bond acceptors (Lipinski definition) is 3. The van der Waals surface area contributed by atoms with E-state index in [0.717, 1.165) is 0 Å². The average molecular weight is 283 g/mol. The minimum atomic E-state index is -0.310. The van der Waals surface area contributed by atoms with Gasteiger partial charge in [0.25, 0.3) is 5.91 Å². The van der Waals surface area contributed by atoms with Crippen LogP contribution >= 0.6 is 15.9 Å². The maximum atomic E-state index is 12.0. The van der Waals surface area contributed by atoms with Crippen LogP contribution in [0, 0.1) is 5.92 Å². The van der Waals surface area contributed by atoms with Gasteiger partial charge in [0.2, 0.25) is 5.91 Å². The van der Waals surface area contributed by atoms with Crippen molar-refractivity contribution in [3.05, 3.63) is 28.5 Å². The summed E-state index contributed by atoms with van der Waals surface area (Å²) in [6, 6.07) is 5.09. The number of carbonyl (C=O) groups is 2. The van der Waals surface area contributed by atoms with Crippen LogP contribution in [0.25, 0.3) is 0 Å². The molecule has 1 unspecified atom stereocenters. The number of amides is 2. The molecule has 84 valence electrons. The molecule has 0 aromatic carbocycles. The van der Waals surface area contributed by atoms with Gasteiger partial charge < -0.3 is 0 Å². The highest BCUT2D eigenvalue weighted by Gasteiger charge is 2.32. The summed E-state index contributed by atoms with van der Waals surface area (Å²) in [4.78, 5) is 28.9. The zero-order chi connectivity index (χ0) is 11.7. The summed E-state index contributed by atoms with van der Waals surface area (Å²) in [7, 11) is 0. The minimum absolute atomic E-state index is 0.112. The lowest BCUT2D eigenvalue weighted by Crippen LogP contribution is -2.32. The molecule has 2 amide bonds. The highest BCUT2D eigenvalue weighted by atomic mass is 79.9. The number of aromatic nitrogens is 1. The van der Waals surface area contributed by atoms with Gasteiger partial charge in [0, 0.05) is 13.0 Å². The van der Waals surface area contributed by atoms with Gasteiger partial charge in [0.15, 0.2) is 0 Å². The first-order valence-corrected chi connectivity index (χ1v) is 5.84. The molecule has 5 heteroatoms. The standard InChI is InChI=1S/C11H11BrN2O2/c1-7-5-10(15)14(6-7)11(16)8-3-2-4-9(12)13-8/h2-4,7H,5-6H2,1H3. The minimum Gasteiger partial charge on any atom is -0.277 e. The molecule has 0 radical (unpaired) electrons. The van der Waals surface area contributed by atoms with Crippen LogP contribution in [-0.4, -0.2) is 28.2 Å². The molecule has 1 aliphatic rings. The third-order valence-corrected chi connectivity index (χ3v) is 2.94. The number of rotatable bonds is 1. The summed E-state index contributed by atoms with van der Waals surface area (Å²) in [5.41, 5.74) is 0.303. The highest BCUT2D eigenvalue weighted by Crippen LogP contribution is 2.19. The van der Waals surface area contributed by atoms with Gasteiger partial charge in [-0.05, 0) is 34.0 Å². The normalized spacial score (nSPS) is 20.2. The second-order valence-corrected chi connectivity index (χ2v) is 4.78. The molecule has 1 aromatic heterocycles. The number of hydrogen-bond donors (Lipinski definition) is 0. The number of carbonyl (C=O) groups excluding carboxylic acids is 2. The van der Waals surface area contributed by atoms with E-state index in [0.29, 0.717) is 23.3 Å². The molecule has 4 nitrogen and oxygen atoms in total. The third kappa shape index (κ3) is 2.14. The van der Waals surface area contributed by atoms with Gasteiger partial charge in [-0.1, -0.05) is 13.0 Å². The van der Waals surface area contributed by atoms with Gasteiger partial charge >= 0.3 is 0 Å². The van der Waals surface area contributed by atoms with Crippen LogP contribution in [0.15, 0.2) is 22.8 Å². The summed E-state index contributed by atoms with van der Waals surface area (Å²) < 4.78 is 0.595. The van der Waals surface area contributed by atoms with E-state index < -0.39 is 0 Å². The molecule has 0 saturated carbocycles. The molecule has 1 aromatic rings. The van der Waals surface area contributed by atoms with Crippen LogP contribution < -0.4 is 0 Å². The van der Waals surface area contributed by atoms with E-state index in [-0.39, 0.29) is 17.7 Å². The van der Waals surface area contributed by atoms with Crippen molar-refractivity contribution in [2.75, 3.05) is 6.54 Å². The molecular formula is C11H11BrN2O2. The Labute approximate surface area is 102 Å². The number of likely N-dealkylation sites (tertiary alicyclic amines) is 1. The van der Waals surface area contributed by atoms with E-state index in [1.165, 1.54) is 4.90 Å². The largest absolute Gasteiger partial charge is 0.279 e. The molecule has 2 rings (SSSR count). The van der Waals surface area contributed by atoms with Crippen LogP contribution in [0.2, 0.25) is 0 Å². The summed E-state index contributed by atoms with van der Waals surface area (Å²) in [6.07, 6.45) is 0.444. The molecule has 0 bridgehead atoms. The lowest BCUT2D eigenvalue weighted by molar-refractivity contribution is -0.125. The Morgan fingerprint density at radius 2 is 2.31 bits per heavy atom. The Hall–Kier alpha value is -1.23. The summed E-state index contributed by atoms with van der Waals surface area (Å²) in [6.45, 7) is 2.45. The molecule has 0 aliphatic carbocycles. The molecule has 16 heavy (non-hydrogen) atoms. The summed E-state index contributed by atoms with van der Waals surface area (Å²) in [5, 5.41) is 0. The van der Waals surface area contributed by atoms with Crippen LogP contribution in [0.4, 0.5) is 0 Å². The van der Waals surface area contributed by atoms with E-state index in [4.69, 9.17) is 0 Å². The zero-order valence-electron chi connectivity index (χ0n) is 8.81. The van der Waals surface area contributed by atoms with Crippen molar-refractivity contribution in [1.29, 1.82) is 0 Å². The van der Waals surface area contributed by atoms with Crippen molar-refractivity contribution in [2.45, 2.75) is 13.3 Å². The van der Waals surface area contributed by atoms with Crippen LogP contribution in [0.3, 0.4) is 0 Å². The van der Waals surface area contributed by atoms with Crippen LogP contribution in [-0.2, 0) is 4.79 Å². The Morgan fingerprint density at radius 3 is 2.88 bits per heavy atom. The Morgan fingerprint density at radius 1 is 1.56 bits per heavy atom. The second-order valence-electron chi connectivity index (χ2n) is 3.96.